The van der Waals surface area contributed by atoms with Gasteiger partial charge in [0.1, 0.15) is 29.7 Å². The highest BCUT2D eigenvalue weighted by atomic mass is 32.2. The average Bonchev–Trinajstić information content (AvgIpc) is 3.10. The summed E-state index contributed by atoms with van der Waals surface area (Å²) >= 11 is 1.56. The van der Waals surface area contributed by atoms with Crippen molar-refractivity contribution in [3.05, 3.63) is 41.1 Å². The van der Waals surface area contributed by atoms with Crippen molar-refractivity contribution in [1.82, 2.24) is 4.90 Å². The Morgan fingerprint density at radius 2 is 2.35 bits per heavy atom. The van der Waals surface area contributed by atoms with E-state index >= 15 is 0 Å². The molecule has 3 rings (SSSR count). The number of nitrogens with zero attached hydrogens (tertiary/aromatic N) is 1. The van der Waals surface area contributed by atoms with Crippen molar-refractivity contribution < 1.29 is 19.1 Å². The molecule has 0 aliphatic carbocycles. The zero-order valence-corrected chi connectivity index (χ0v) is 13.5. The van der Waals surface area contributed by atoms with Gasteiger partial charge < -0.3 is 24.9 Å². The molecule has 0 fully saturated rings. The summed E-state index contributed by atoms with van der Waals surface area (Å²) in [5, 5.41) is 10.2. The van der Waals surface area contributed by atoms with E-state index in [-0.39, 0.29) is 6.61 Å². The van der Waals surface area contributed by atoms with Gasteiger partial charge in [0, 0.05) is 16.5 Å². The molecule has 2 aromatic rings. The number of amides is 1. The fraction of sp³-hybridized carbons (Fsp3) is 0.312. The van der Waals surface area contributed by atoms with Crippen LogP contribution in [0.15, 0.2) is 39.8 Å². The highest BCUT2D eigenvalue weighted by molar-refractivity contribution is 8.03. The van der Waals surface area contributed by atoms with Gasteiger partial charge in [0.05, 0.1) is 12.5 Å². The molecule has 0 saturated heterocycles. The smallest absolute Gasteiger partial charge is 0.242 e. The molecule has 0 unspecified atom stereocenters. The SMILES string of the molecule is Cc1cc2cc(OCC3=CN([C@@H](CO)C(N)=O)CS3)ccc2o1. The molecular weight excluding hydrogens is 316 g/mol. The number of carbonyl (C=O) groups excluding carboxylic acids is 1. The number of carbonyl (C=O) groups is 1. The molecule has 122 valence electrons. The van der Waals surface area contributed by atoms with Gasteiger partial charge in [0.15, 0.2) is 0 Å². The number of hydrogen-bond acceptors (Lipinski definition) is 6. The number of aryl methyl sites for hydroxylation is 1. The van der Waals surface area contributed by atoms with Gasteiger partial charge in [-0.1, -0.05) is 0 Å². The summed E-state index contributed by atoms with van der Waals surface area (Å²) in [5.41, 5.74) is 6.11. The van der Waals surface area contributed by atoms with Gasteiger partial charge in [-0.15, -0.1) is 11.8 Å². The van der Waals surface area contributed by atoms with Crippen molar-refractivity contribution in [2.24, 2.45) is 5.73 Å². The van der Waals surface area contributed by atoms with Crippen LogP contribution in [-0.4, -0.2) is 41.0 Å². The summed E-state index contributed by atoms with van der Waals surface area (Å²) in [7, 11) is 0. The zero-order valence-electron chi connectivity index (χ0n) is 12.7. The first kappa shape index (κ1) is 15.8. The molecule has 2 heterocycles. The second kappa shape index (κ2) is 6.55. The molecule has 1 aliphatic rings. The van der Waals surface area contributed by atoms with Crippen LogP contribution in [0, 0.1) is 6.92 Å². The first-order valence-corrected chi connectivity index (χ1v) is 8.18. The number of furan rings is 1. The number of ether oxygens (including phenoxy) is 1. The molecule has 23 heavy (non-hydrogen) atoms. The molecule has 7 heteroatoms. The van der Waals surface area contributed by atoms with Crippen molar-refractivity contribution in [2.45, 2.75) is 13.0 Å². The lowest BCUT2D eigenvalue weighted by Crippen LogP contribution is -2.43. The van der Waals surface area contributed by atoms with Gasteiger partial charge in [-0.05, 0) is 31.2 Å². The number of rotatable bonds is 6. The van der Waals surface area contributed by atoms with Crippen LogP contribution in [0.4, 0.5) is 0 Å². The van der Waals surface area contributed by atoms with Gasteiger partial charge in [-0.25, -0.2) is 0 Å². The molecule has 1 amide bonds. The Morgan fingerprint density at radius 1 is 1.52 bits per heavy atom. The monoisotopic (exact) mass is 334 g/mol. The third kappa shape index (κ3) is 3.46. The van der Waals surface area contributed by atoms with Crippen molar-refractivity contribution in [2.75, 3.05) is 19.1 Å². The number of hydrogen-bond donors (Lipinski definition) is 2. The van der Waals surface area contributed by atoms with Crippen molar-refractivity contribution in [1.29, 1.82) is 0 Å². The molecule has 6 nitrogen and oxygen atoms in total. The van der Waals surface area contributed by atoms with Gasteiger partial charge in [-0.2, -0.15) is 0 Å². The number of aliphatic hydroxyl groups is 1. The predicted molar refractivity (Wildman–Crippen MR) is 88.9 cm³/mol. The third-order valence-corrected chi connectivity index (χ3v) is 4.62. The van der Waals surface area contributed by atoms with Crippen molar-refractivity contribution in [3.63, 3.8) is 0 Å². The second-order valence-corrected chi connectivity index (χ2v) is 6.40. The lowest BCUT2D eigenvalue weighted by atomic mass is 10.2. The normalized spacial score (nSPS) is 15.7. The van der Waals surface area contributed by atoms with Gasteiger partial charge in [0.2, 0.25) is 5.91 Å². The highest BCUT2D eigenvalue weighted by Crippen LogP contribution is 2.29. The quantitative estimate of drug-likeness (QED) is 0.837. The standard InChI is InChI=1S/C16H18N2O4S/c1-10-4-11-5-12(2-3-15(11)22-10)21-8-13-6-18(9-23-13)14(7-19)16(17)20/h2-6,14,19H,7-9H2,1H3,(H2,17,20)/t14-/m0/s1. The highest BCUT2D eigenvalue weighted by Gasteiger charge is 2.25. The van der Waals surface area contributed by atoms with E-state index in [9.17, 15) is 9.90 Å². The molecule has 1 atom stereocenters. The van der Waals surface area contributed by atoms with E-state index in [1.807, 2.05) is 37.4 Å². The molecule has 3 N–H and O–H groups in total. The number of primary amides is 1. The second-order valence-electron chi connectivity index (χ2n) is 5.33. The topological polar surface area (TPSA) is 88.9 Å². The van der Waals surface area contributed by atoms with E-state index in [0.29, 0.717) is 12.5 Å². The Balaban J connectivity index is 1.64. The molecule has 1 aromatic heterocycles. The van der Waals surface area contributed by atoms with Crippen LogP contribution in [0.5, 0.6) is 5.75 Å². The third-order valence-electron chi connectivity index (χ3n) is 3.60. The molecule has 0 saturated carbocycles. The first-order valence-electron chi connectivity index (χ1n) is 7.19. The van der Waals surface area contributed by atoms with Gasteiger partial charge in [0.25, 0.3) is 0 Å². The number of thioether (sulfide) groups is 1. The molecule has 0 radical (unpaired) electrons. The van der Waals surface area contributed by atoms with Crippen LogP contribution in [-0.2, 0) is 4.79 Å². The van der Waals surface area contributed by atoms with E-state index in [2.05, 4.69) is 0 Å². The fourth-order valence-electron chi connectivity index (χ4n) is 2.43. The van der Waals surface area contributed by atoms with Crippen LogP contribution >= 0.6 is 11.8 Å². The molecular formula is C16H18N2O4S. The molecule has 1 aliphatic heterocycles. The number of benzene rings is 1. The van der Waals surface area contributed by atoms with Crippen LogP contribution in [0.1, 0.15) is 5.76 Å². The Kier molecular flexibility index (Phi) is 4.49. The Bertz CT molecular complexity index is 756. The zero-order chi connectivity index (χ0) is 16.4. The Labute approximate surface area is 137 Å². The Morgan fingerprint density at radius 3 is 3.09 bits per heavy atom. The Hall–Kier alpha value is -2.12. The van der Waals surface area contributed by atoms with Gasteiger partial charge in [-0.3, -0.25) is 4.79 Å². The van der Waals surface area contributed by atoms with E-state index < -0.39 is 11.9 Å². The van der Waals surface area contributed by atoms with Gasteiger partial charge >= 0.3 is 0 Å². The summed E-state index contributed by atoms with van der Waals surface area (Å²) < 4.78 is 11.3. The molecule has 0 spiro atoms. The summed E-state index contributed by atoms with van der Waals surface area (Å²) in [4.78, 5) is 14.0. The molecule has 1 aromatic carbocycles. The minimum absolute atomic E-state index is 0.295. The van der Waals surface area contributed by atoms with Crippen molar-refractivity contribution >= 4 is 28.6 Å². The maximum absolute atomic E-state index is 11.3. The van der Waals surface area contributed by atoms with E-state index in [1.165, 1.54) is 0 Å². The van der Waals surface area contributed by atoms with E-state index in [0.717, 1.165) is 27.4 Å². The van der Waals surface area contributed by atoms with Crippen LogP contribution < -0.4 is 10.5 Å². The summed E-state index contributed by atoms with van der Waals surface area (Å²) in [5.74, 6) is 1.66. The van der Waals surface area contributed by atoms with Crippen LogP contribution in [0.3, 0.4) is 0 Å². The summed E-state index contributed by atoms with van der Waals surface area (Å²) in [6.07, 6.45) is 1.82. The van der Waals surface area contributed by atoms with Crippen LogP contribution in [0.25, 0.3) is 11.0 Å². The maximum atomic E-state index is 11.3. The lowest BCUT2D eigenvalue weighted by Gasteiger charge is -2.21. The van der Waals surface area contributed by atoms with E-state index in [4.69, 9.17) is 14.9 Å². The number of nitrogens with two attached hydrogens (primary N) is 1. The largest absolute Gasteiger partial charge is 0.488 e. The minimum atomic E-state index is -0.690. The summed E-state index contributed by atoms with van der Waals surface area (Å²) in [6, 6.07) is 6.96. The number of fused-ring (bicyclic) bond motifs is 1. The minimum Gasteiger partial charge on any atom is -0.488 e. The van der Waals surface area contributed by atoms with Crippen LogP contribution in [0.2, 0.25) is 0 Å². The maximum Gasteiger partial charge on any atom is 0.242 e. The summed E-state index contributed by atoms with van der Waals surface area (Å²) in [6.45, 7) is 2.02. The fourth-order valence-corrected chi connectivity index (χ4v) is 3.35. The first-order chi connectivity index (χ1) is 11.1. The molecule has 0 bridgehead atoms. The number of aliphatic hydroxyl groups excluding tert-OH is 1. The predicted octanol–water partition coefficient (Wildman–Crippen LogP) is 1.81. The average molecular weight is 334 g/mol. The van der Waals surface area contributed by atoms with E-state index in [1.54, 1.807) is 16.7 Å². The lowest BCUT2D eigenvalue weighted by molar-refractivity contribution is -0.123. The van der Waals surface area contributed by atoms with Crippen molar-refractivity contribution in [3.8, 4) is 5.75 Å².